The van der Waals surface area contributed by atoms with Crippen molar-refractivity contribution in [2.45, 2.75) is 31.7 Å². The van der Waals surface area contributed by atoms with Crippen molar-refractivity contribution in [2.24, 2.45) is 5.92 Å². The number of nitrogens with one attached hydrogen (secondary N) is 3. The molecule has 3 saturated heterocycles. The van der Waals surface area contributed by atoms with Gasteiger partial charge in [-0.25, -0.2) is 9.37 Å². The Balaban J connectivity index is 1.30. The maximum absolute atomic E-state index is 14.7. The lowest BCUT2D eigenvalue weighted by atomic mass is 9.97. The zero-order chi connectivity index (χ0) is 20.2. The van der Waals surface area contributed by atoms with Gasteiger partial charge in [0, 0.05) is 45.2 Å². The molecule has 0 spiro atoms. The van der Waals surface area contributed by atoms with E-state index in [2.05, 4.69) is 25.8 Å². The third kappa shape index (κ3) is 5.02. The fraction of sp³-hybridized carbons (Fsp3) is 0.650. The number of halogens is 1. The van der Waals surface area contributed by atoms with Crippen LogP contribution in [-0.4, -0.2) is 73.6 Å². The van der Waals surface area contributed by atoms with E-state index in [4.69, 9.17) is 0 Å². The predicted octanol–water partition coefficient (Wildman–Crippen LogP) is 0.559. The Bertz CT molecular complexity index is 746. The second kappa shape index (κ2) is 9.04. The highest BCUT2D eigenvalue weighted by atomic mass is 19.1. The van der Waals surface area contributed by atoms with Crippen molar-refractivity contribution in [3.8, 4) is 0 Å². The van der Waals surface area contributed by atoms with Crippen molar-refractivity contribution in [2.75, 3.05) is 56.0 Å². The Morgan fingerprint density at radius 3 is 2.59 bits per heavy atom. The van der Waals surface area contributed by atoms with Crippen molar-refractivity contribution in [1.82, 2.24) is 20.5 Å². The normalized spacial score (nSPS) is 24.4. The number of nitrogens with zero attached hydrogens (tertiary/aromatic N) is 3. The first-order chi connectivity index (χ1) is 14.1. The van der Waals surface area contributed by atoms with E-state index < -0.39 is 11.9 Å². The average molecular weight is 404 g/mol. The number of piperazine rings is 1. The standard InChI is InChI=1S/C20H29FN6O2/c21-16-11-15(24-17-1-2-18(28)25-20(17)29)12-23-19(16)27-9-7-26(8-10-27)13-14-3-5-22-6-4-14/h11-12,14,17,22,24H,1-10,13H2,(H,25,28,29). The van der Waals surface area contributed by atoms with Gasteiger partial charge in [0.1, 0.15) is 6.04 Å². The number of anilines is 2. The third-order valence-corrected chi connectivity index (χ3v) is 6.05. The van der Waals surface area contributed by atoms with Gasteiger partial charge in [-0.05, 0) is 38.3 Å². The lowest BCUT2D eigenvalue weighted by Crippen LogP contribution is -2.49. The Kier molecular flexibility index (Phi) is 6.25. The SMILES string of the molecule is O=C1CCC(Nc2cnc(N3CCN(CC4CCNCC4)CC3)c(F)c2)C(=O)N1. The van der Waals surface area contributed by atoms with E-state index in [1.54, 1.807) is 6.20 Å². The quantitative estimate of drug-likeness (QED) is 0.618. The van der Waals surface area contributed by atoms with E-state index in [9.17, 15) is 14.0 Å². The molecule has 0 aromatic carbocycles. The molecule has 1 aromatic heterocycles. The molecular weight excluding hydrogens is 375 g/mol. The third-order valence-electron chi connectivity index (χ3n) is 6.05. The first kappa shape index (κ1) is 20.0. The molecule has 0 aliphatic carbocycles. The van der Waals surface area contributed by atoms with Gasteiger partial charge in [0.2, 0.25) is 11.8 Å². The fourth-order valence-electron chi connectivity index (χ4n) is 4.35. The molecule has 1 aromatic rings. The summed E-state index contributed by atoms with van der Waals surface area (Å²) in [5, 5.41) is 8.67. The zero-order valence-corrected chi connectivity index (χ0v) is 16.6. The van der Waals surface area contributed by atoms with E-state index in [1.807, 2.05) is 4.90 Å². The number of carbonyl (C=O) groups excluding carboxylic acids is 2. The number of amides is 2. The van der Waals surface area contributed by atoms with Gasteiger partial charge >= 0.3 is 0 Å². The van der Waals surface area contributed by atoms with Crippen molar-refractivity contribution in [3.63, 3.8) is 0 Å². The van der Waals surface area contributed by atoms with Gasteiger partial charge in [-0.2, -0.15) is 0 Å². The van der Waals surface area contributed by atoms with Gasteiger partial charge in [-0.3, -0.25) is 19.8 Å². The van der Waals surface area contributed by atoms with Crippen LogP contribution in [0.25, 0.3) is 0 Å². The van der Waals surface area contributed by atoms with Gasteiger partial charge in [0.05, 0.1) is 11.9 Å². The lowest BCUT2D eigenvalue weighted by Gasteiger charge is -2.38. The summed E-state index contributed by atoms with van der Waals surface area (Å²) in [6, 6.07) is 0.839. The molecule has 9 heteroatoms. The highest BCUT2D eigenvalue weighted by Gasteiger charge is 2.27. The van der Waals surface area contributed by atoms with Crippen LogP contribution < -0.4 is 20.9 Å². The van der Waals surface area contributed by atoms with Crippen LogP contribution in [0.1, 0.15) is 25.7 Å². The largest absolute Gasteiger partial charge is 0.372 e. The van der Waals surface area contributed by atoms with Crippen LogP contribution in [0.4, 0.5) is 15.9 Å². The van der Waals surface area contributed by atoms with E-state index in [-0.39, 0.29) is 18.2 Å². The first-order valence-electron chi connectivity index (χ1n) is 10.5. The lowest BCUT2D eigenvalue weighted by molar-refractivity contribution is -0.133. The summed E-state index contributed by atoms with van der Waals surface area (Å²) in [5.41, 5.74) is 0.449. The minimum Gasteiger partial charge on any atom is -0.372 e. The summed E-state index contributed by atoms with van der Waals surface area (Å²) in [6.45, 7) is 6.70. The molecule has 1 unspecified atom stereocenters. The van der Waals surface area contributed by atoms with Crippen LogP contribution in [0.15, 0.2) is 12.3 Å². The fourth-order valence-corrected chi connectivity index (χ4v) is 4.35. The van der Waals surface area contributed by atoms with Crippen LogP contribution in [0.2, 0.25) is 0 Å². The van der Waals surface area contributed by atoms with Crippen LogP contribution >= 0.6 is 0 Å². The molecule has 4 rings (SSSR count). The van der Waals surface area contributed by atoms with Crippen molar-refractivity contribution < 1.29 is 14.0 Å². The van der Waals surface area contributed by atoms with Crippen molar-refractivity contribution >= 4 is 23.3 Å². The zero-order valence-electron chi connectivity index (χ0n) is 16.6. The van der Waals surface area contributed by atoms with Gasteiger partial charge in [0.15, 0.2) is 11.6 Å². The Hall–Kier alpha value is -2.26. The molecule has 3 fully saturated rings. The van der Waals surface area contributed by atoms with E-state index in [0.717, 1.165) is 51.7 Å². The van der Waals surface area contributed by atoms with Gasteiger partial charge in [-0.15, -0.1) is 0 Å². The number of carbonyl (C=O) groups is 2. The molecule has 0 saturated carbocycles. The summed E-state index contributed by atoms with van der Waals surface area (Å²) in [7, 11) is 0. The van der Waals surface area contributed by atoms with Gasteiger partial charge in [-0.1, -0.05) is 0 Å². The van der Waals surface area contributed by atoms with Crippen LogP contribution in [-0.2, 0) is 9.59 Å². The molecule has 2 amide bonds. The summed E-state index contributed by atoms with van der Waals surface area (Å²) in [5.74, 6) is 0.0762. The Morgan fingerprint density at radius 1 is 1.14 bits per heavy atom. The molecule has 29 heavy (non-hydrogen) atoms. The molecule has 1 atom stereocenters. The van der Waals surface area contributed by atoms with Crippen molar-refractivity contribution in [1.29, 1.82) is 0 Å². The molecule has 158 valence electrons. The molecule has 0 radical (unpaired) electrons. The second-order valence-corrected chi connectivity index (χ2v) is 8.16. The molecule has 3 N–H and O–H groups in total. The second-order valence-electron chi connectivity index (χ2n) is 8.16. The Morgan fingerprint density at radius 2 is 1.90 bits per heavy atom. The molecule has 3 aliphatic heterocycles. The number of hydrogen-bond acceptors (Lipinski definition) is 7. The highest BCUT2D eigenvalue weighted by molar-refractivity contribution is 6.01. The minimum absolute atomic E-state index is 0.271. The highest BCUT2D eigenvalue weighted by Crippen LogP contribution is 2.23. The van der Waals surface area contributed by atoms with Crippen LogP contribution in [0, 0.1) is 11.7 Å². The first-order valence-corrected chi connectivity index (χ1v) is 10.5. The number of imide groups is 1. The number of hydrogen-bond donors (Lipinski definition) is 3. The maximum atomic E-state index is 14.7. The average Bonchev–Trinajstić information content (AvgIpc) is 2.72. The monoisotopic (exact) mass is 404 g/mol. The summed E-state index contributed by atoms with van der Waals surface area (Å²) < 4.78 is 14.7. The van der Waals surface area contributed by atoms with Gasteiger partial charge in [0.25, 0.3) is 0 Å². The molecular formula is C20H29FN6O2. The van der Waals surface area contributed by atoms with E-state index >= 15 is 0 Å². The predicted molar refractivity (Wildman–Crippen MR) is 108 cm³/mol. The minimum atomic E-state index is -0.543. The van der Waals surface area contributed by atoms with Crippen LogP contribution in [0.3, 0.4) is 0 Å². The van der Waals surface area contributed by atoms with Crippen molar-refractivity contribution in [3.05, 3.63) is 18.1 Å². The molecule has 8 nitrogen and oxygen atoms in total. The topological polar surface area (TPSA) is 89.6 Å². The summed E-state index contributed by atoms with van der Waals surface area (Å²) >= 11 is 0. The van der Waals surface area contributed by atoms with Crippen LogP contribution in [0.5, 0.6) is 0 Å². The van der Waals surface area contributed by atoms with E-state index in [1.165, 1.54) is 18.9 Å². The number of rotatable bonds is 5. The Labute approximate surface area is 170 Å². The summed E-state index contributed by atoms with van der Waals surface area (Å²) in [4.78, 5) is 31.9. The molecule has 4 heterocycles. The molecule has 0 bridgehead atoms. The van der Waals surface area contributed by atoms with Gasteiger partial charge < -0.3 is 15.5 Å². The number of piperidine rings is 2. The number of aromatic nitrogens is 1. The maximum Gasteiger partial charge on any atom is 0.249 e. The molecule has 3 aliphatic rings. The van der Waals surface area contributed by atoms with E-state index in [0.29, 0.717) is 17.9 Å². The smallest absolute Gasteiger partial charge is 0.249 e. The summed E-state index contributed by atoms with van der Waals surface area (Å²) in [6.07, 6.45) is 4.70. The number of pyridine rings is 1.